The van der Waals surface area contributed by atoms with E-state index in [0.717, 1.165) is 5.92 Å². The summed E-state index contributed by atoms with van der Waals surface area (Å²) in [5.74, 6) is 0.853. The van der Waals surface area contributed by atoms with Gasteiger partial charge < -0.3 is 4.90 Å². The Bertz CT molecular complexity index is 269. The van der Waals surface area contributed by atoms with Gasteiger partial charge in [-0.1, -0.05) is 18.2 Å². The number of fused-ring (bicyclic) bond motifs is 5. The van der Waals surface area contributed by atoms with Crippen LogP contribution in [-0.2, 0) is 0 Å². The van der Waals surface area contributed by atoms with E-state index in [1.54, 1.807) is 5.56 Å². The average Bonchev–Trinajstić information content (AvgIpc) is 2.64. The van der Waals surface area contributed by atoms with Gasteiger partial charge in [0.15, 0.2) is 0 Å². The van der Waals surface area contributed by atoms with Crippen LogP contribution in [0.1, 0.15) is 17.9 Å². The van der Waals surface area contributed by atoms with E-state index in [0.29, 0.717) is 0 Å². The highest BCUT2D eigenvalue weighted by Gasteiger charge is 2.33. The number of anilines is 1. The first-order chi connectivity index (χ1) is 5.45. The Kier molecular flexibility index (Phi) is 2.02. The summed E-state index contributed by atoms with van der Waals surface area (Å²) in [7, 11) is 0. The summed E-state index contributed by atoms with van der Waals surface area (Å²) in [4.78, 5) is 2.50. The van der Waals surface area contributed by atoms with Crippen LogP contribution in [0.5, 0.6) is 0 Å². The molecule has 2 aliphatic rings. The maximum atomic E-state index is 2.50. The minimum absolute atomic E-state index is 0. The Morgan fingerprint density at radius 2 is 2.08 bits per heavy atom. The van der Waals surface area contributed by atoms with E-state index >= 15 is 0 Å². The van der Waals surface area contributed by atoms with Crippen molar-refractivity contribution in [3.05, 3.63) is 29.8 Å². The number of hydrogen-bond acceptors (Lipinski definition) is 1. The van der Waals surface area contributed by atoms with Gasteiger partial charge in [-0.05, 0) is 18.1 Å². The SMILES string of the molecule is I.c1ccc2c(c1)C1CCN2C1. The molecule has 1 aromatic rings. The van der Waals surface area contributed by atoms with Crippen molar-refractivity contribution in [2.75, 3.05) is 18.0 Å². The number of hydrogen-bond donors (Lipinski definition) is 0. The molecule has 2 heterocycles. The maximum Gasteiger partial charge on any atom is 0.0402 e. The molecule has 1 fully saturated rings. The smallest absolute Gasteiger partial charge is 0.0402 e. The van der Waals surface area contributed by atoms with Crippen LogP contribution in [0.15, 0.2) is 24.3 Å². The molecule has 64 valence electrons. The third-order valence-corrected chi connectivity index (χ3v) is 2.91. The second-order valence-corrected chi connectivity index (χ2v) is 3.49. The van der Waals surface area contributed by atoms with Gasteiger partial charge in [0.2, 0.25) is 0 Å². The summed E-state index contributed by atoms with van der Waals surface area (Å²) in [6.07, 6.45) is 1.37. The van der Waals surface area contributed by atoms with Crippen molar-refractivity contribution in [1.29, 1.82) is 0 Å². The molecule has 2 heteroatoms. The van der Waals surface area contributed by atoms with Crippen LogP contribution in [0.2, 0.25) is 0 Å². The van der Waals surface area contributed by atoms with Gasteiger partial charge in [0.1, 0.15) is 0 Å². The van der Waals surface area contributed by atoms with Crippen LogP contribution in [0, 0.1) is 0 Å². The van der Waals surface area contributed by atoms with Gasteiger partial charge in [-0.25, -0.2) is 0 Å². The molecule has 0 saturated carbocycles. The largest absolute Gasteiger partial charge is 0.371 e. The molecular formula is C10H12IN. The average molecular weight is 273 g/mol. The van der Waals surface area contributed by atoms with Gasteiger partial charge >= 0.3 is 0 Å². The van der Waals surface area contributed by atoms with Crippen LogP contribution in [0.3, 0.4) is 0 Å². The quantitative estimate of drug-likeness (QED) is 0.657. The second-order valence-electron chi connectivity index (χ2n) is 3.49. The van der Waals surface area contributed by atoms with Crippen molar-refractivity contribution >= 4 is 29.7 Å². The zero-order valence-electron chi connectivity index (χ0n) is 6.86. The van der Waals surface area contributed by atoms with Crippen molar-refractivity contribution in [2.24, 2.45) is 0 Å². The molecule has 1 saturated heterocycles. The molecule has 1 unspecified atom stereocenters. The van der Waals surface area contributed by atoms with Gasteiger partial charge in [0.05, 0.1) is 0 Å². The Labute approximate surface area is 89.8 Å². The third kappa shape index (κ3) is 0.969. The molecule has 2 aliphatic heterocycles. The molecule has 1 atom stereocenters. The fraction of sp³-hybridized carbons (Fsp3) is 0.400. The van der Waals surface area contributed by atoms with Crippen molar-refractivity contribution < 1.29 is 0 Å². The highest BCUT2D eigenvalue weighted by molar-refractivity contribution is 14.0. The molecule has 1 nitrogen and oxygen atoms in total. The Hall–Kier alpha value is -0.250. The molecular weight excluding hydrogens is 261 g/mol. The van der Waals surface area contributed by atoms with Crippen LogP contribution in [-0.4, -0.2) is 13.1 Å². The Morgan fingerprint density at radius 3 is 2.92 bits per heavy atom. The van der Waals surface area contributed by atoms with Gasteiger partial charge in [-0.3, -0.25) is 0 Å². The number of nitrogens with zero attached hydrogens (tertiary/aromatic N) is 1. The van der Waals surface area contributed by atoms with Gasteiger partial charge in [-0.2, -0.15) is 0 Å². The van der Waals surface area contributed by atoms with Crippen LogP contribution in [0.25, 0.3) is 0 Å². The topological polar surface area (TPSA) is 3.24 Å². The van der Waals surface area contributed by atoms with Crippen molar-refractivity contribution in [1.82, 2.24) is 0 Å². The second kappa shape index (κ2) is 2.91. The number of benzene rings is 1. The summed E-state index contributed by atoms with van der Waals surface area (Å²) >= 11 is 0. The standard InChI is InChI=1S/C10H11N.HI/c1-2-4-10-9(3-1)8-5-6-11(10)7-8;/h1-4,8H,5-7H2;1H. The van der Waals surface area contributed by atoms with E-state index < -0.39 is 0 Å². The van der Waals surface area contributed by atoms with Crippen molar-refractivity contribution in [2.45, 2.75) is 12.3 Å². The molecule has 0 aliphatic carbocycles. The predicted octanol–water partition coefficient (Wildman–Crippen LogP) is 2.61. The number of para-hydroxylation sites is 1. The lowest BCUT2D eigenvalue weighted by Crippen LogP contribution is -2.15. The van der Waals surface area contributed by atoms with E-state index in [4.69, 9.17) is 0 Å². The molecule has 2 bridgehead atoms. The molecule has 1 aromatic carbocycles. The zero-order chi connectivity index (χ0) is 7.26. The first-order valence-electron chi connectivity index (χ1n) is 4.29. The first-order valence-corrected chi connectivity index (χ1v) is 4.29. The van der Waals surface area contributed by atoms with Crippen LogP contribution < -0.4 is 4.90 Å². The predicted molar refractivity (Wildman–Crippen MR) is 61.4 cm³/mol. The third-order valence-electron chi connectivity index (χ3n) is 2.91. The zero-order valence-corrected chi connectivity index (χ0v) is 9.19. The summed E-state index contributed by atoms with van der Waals surface area (Å²) in [5.41, 5.74) is 3.07. The van der Waals surface area contributed by atoms with E-state index in [-0.39, 0.29) is 24.0 Å². The fourth-order valence-corrected chi connectivity index (χ4v) is 2.35. The minimum atomic E-state index is 0. The summed E-state index contributed by atoms with van der Waals surface area (Å²) < 4.78 is 0. The molecule has 0 N–H and O–H groups in total. The number of halogens is 1. The molecule has 0 radical (unpaired) electrons. The Morgan fingerprint density at radius 1 is 1.25 bits per heavy atom. The maximum absolute atomic E-state index is 2.50. The highest BCUT2D eigenvalue weighted by atomic mass is 127. The van der Waals surface area contributed by atoms with Crippen LogP contribution in [0.4, 0.5) is 5.69 Å². The van der Waals surface area contributed by atoms with Gasteiger partial charge in [0.25, 0.3) is 0 Å². The van der Waals surface area contributed by atoms with Gasteiger partial charge in [-0.15, -0.1) is 24.0 Å². The summed E-state index contributed by atoms with van der Waals surface area (Å²) in [6.45, 7) is 2.56. The molecule has 0 spiro atoms. The Balaban J connectivity index is 0.000000563. The monoisotopic (exact) mass is 273 g/mol. The number of rotatable bonds is 0. The van der Waals surface area contributed by atoms with E-state index in [1.165, 1.54) is 25.2 Å². The molecule has 0 amide bonds. The summed E-state index contributed by atoms with van der Waals surface area (Å²) in [6, 6.07) is 8.81. The summed E-state index contributed by atoms with van der Waals surface area (Å²) in [5, 5.41) is 0. The first kappa shape index (κ1) is 8.35. The van der Waals surface area contributed by atoms with Crippen LogP contribution >= 0.6 is 24.0 Å². The van der Waals surface area contributed by atoms with Crippen molar-refractivity contribution in [3.63, 3.8) is 0 Å². The van der Waals surface area contributed by atoms with Gasteiger partial charge in [0, 0.05) is 24.7 Å². The lowest BCUT2D eigenvalue weighted by molar-refractivity contribution is 0.788. The highest BCUT2D eigenvalue weighted by Crippen LogP contribution is 2.42. The molecule has 12 heavy (non-hydrogen) atoms. The molecule has 3 rings (SSSR count). The fourth-order valence-electron chi connectivity index (χ4n) is 2.35. The van der Waals surface area contributed by atoms with E-state index in [2.05, 4.69) is 29.2 Å². The van der Waals surface area contributed by atoms with Crippen molar-refractivity contribution in [3.8, 4) is 0 Å². The lowest BCUT2D eigenvalue weighted by Gasteiger charge is -2.17. The van der Waals surface area contributed by atoms with E-state index in [9.17, 15) is 0 Å². The normalized spacial score (nSPS) is 23.7. The minimum Gasteiger partial charge on any atom is -0.371 e. The van der Waals surface area contributed by atoms with E-state index in [1.807, 2.05) is 0 Å². The molecule has 0 aromatic heterocycles. The lowest BCUT2D eigenvalue weighted by atomic mass is 9.98.